The average Bonchev–Trinajstić information content (AvgIpc) is 3.12. The van der Waals surface area contributed by atoms with E-state index in [1.165, 1.54) is 0 Å². The summed E-state index contributed by atoms with van der Waals surface area (Å²) in [5.41, 5.74) is 0.840. The molecule has 1 aliphatic carbocycles. The van der Waals surface area contributed by atoms with Crippen molar-refractivity contribution in [3.63, 3.8) is 0 Å². The highest BCUT2D eigenvalue weighted by molar-refractivity contribution is 5.94. The molecule has 1 atom stereocenters. The lowest BCUT2D eigenvalue weighted by atomic mass is 10.2. The van der Waals surface area contributed by atoms with Gasteiger partial charge in [-0.15, -0.1) is 5.10 Å². The second-order valence-corrected chi connectivity index (χ2v) is 6.25. The third-order valence-electron chi connectivity index (χ3n) is 4.51. The summed E-state index contributed by atoms with van der Waals surface area (Å²) in [6.45, 7) is 1.54. The third kappa shape index (κ3) is 3.10. The Morgan fingerprint density at radius 1 is 1.22 bits per heavy atom. The van der Waals surface area contributed by atoms with Crippen LogP contribution in [0.2, 0.25) is 0 Å². The van der Waals surface area contributed by atoms with Crippen molar-refractivity contribution in [2.75, 3.05) is 11.9 Å². The Hall–Kier alpha value is -2.28. The normalized spacial score (nSPS) is 21.5. The maximum absolute atomic E-state index is 12.6. The zero-order valence-electron chi connectivity index (χ0n) is 12.9. The number of para-hydroxylation sites is 1. The molecule has 2 fully saturated rings. The number of amides is 1. The molecule has 1 saturated heterocycles. The molecule has 0 spiro atoms. The number of nitrogens with one attached hydrogen (secondary N) is 1. The van der Waals surface area contributed by atoms with Crippen LogP contribution in [0, 0.1) is 0 Å². The van der Waals surface area contributed by atoms with Crippen LogP contribution in [-0.4, -0.2) is 43.6 Å². The topological polar surface area (TPSA) is 75.9 Å². The summed E-state index contributed by atoms with van der Waals surface area (Å²) in [4.78, 5) is 14.8. The molecule has 1 amide bonds. The molecule has 120 valence electrons. The van der Waals surface area contributed by atoms with Gasteiger partial charge in [-0.3, -0.25) is 9.69 Å². The van der Waals surface area contributed by atoms with E-state index in [1.54, 1.807) is 0 Å². The monoisotopic (exact) mass is 312 g/mol. The van der Waals surface area contributed by atoms with Crippen molar-refractivity contribution in [1.29, 1.82) is 0 Å². The number of hydrogen-bond acceptors (Lipinski definition) is 5. The summed E-state index contributed by atoms with van der Waals surface area (Å²) < 4.78 is 1.92. The molecule has 2 heterocycles. The van der Waals surface area contributed by atoms with Crippen LogP contribution in [0.1, 0.15) is 37.5 Å². The zero-order chi connectivity index (χ0) is 15.6. The van der Waals surface area contributed by atoms with E-state index in [4.69, 9.17) is 0 Å². The maximum atomic E-state index is 12.6. The summed E-state index contributed by atoms with van der Waals surface area (Å²) in [6.07, 6.45) is 4.20. The Morgan fingerprint density at radius 2 is 2.04 bits per heavy atom. The molecule has 7 nitrogen and oxygen atoms in total. The minimum Gasteiger partial charge on any atom is -0.325 e. The lowest BCUT2D eigenvalue weighted by Gasteiger charge is -2.23. The summed E-state index contributed by atoms with van der Waals surface area (Å²) in [5.74, 6) is 0.922. The van der Waals surface area contributed by atoms with Crippen LogP contribution in [0.3, 0.4) is 0 Å². The smallest absolute Gasteiger partial charge is 0.241 e. The van der Waals surface area contributed by atoms with Gasteiger partial charge in [0.1, 0.15) is 0 Å². The van der Waals surface area contributed by atoms with Gasteiger partial charge in [-0.1, -0.05) is 18.2 Å². The first kappa shape index (κ1) is 14.3. The van der Waals surface area contributed by atoms with Crippen molar-refractivity contribution in [1.82, 2.24) is 25.1 Å². The molecular weight excluding hydrogens is 292 g/mol. The highest BCUT2D eigenvalue weighted by Crippen LogP contribution is 2.35. The van der Waals surface area contributed by atoms with Crippen LogP contribution in [0.4, 0.5) is 5.69 Å². The summed E-state index contributed by atoms with van der Waals surface area (Å²) in [7, 11) is 0. The lowest BCUT2D eigenvalue weighted by molar-refractivity contribution is -0.120. The van der Waals surface area contributed by atoms with E-state index < -0.39 is 0 Å². The summed E-state index contributed by atoms with van der Waals surface area (Å²) >= 11 is 0. The first-order chi connectivity index (χ1) is 11.3. The van der Waals surface area contributed by atoms with Gasteiger partial charge in [0.05, 0.1) is 18.6 Å². The largest absolute Gasteiger partial charge is 0.325 e. The van der Waals surface area contributed by atoms with Crippen LogP contribution in [0.5, 0.6) is 0 Å². The molecule has 2 aromatic rings. The van der Waals surface area contributed by atoms with Crippen LogP contribution < -0.4 is 5.32 Å². The molecule has 23 heavy (non-hydrogen) atoms. The molecule has 1 aliphatic heterocycles. The number of hydrogen-bond donors (Lipinski definition) is 1. The molecular formula is C16H20N6O. The Bertz CT molecular complexity index is 681. The fourth-order valence-corrected chi connectivity index (χ4v) is 3.16. The molecule has 7 heteroatoms. The minimum atomic E-state index is -0.112. The van der Waals surface area contributed by atoms with Crippen molar-refractivity contribution in [2.45, 2.75) is 44.3 Å². The van der Waals surface area contributed by atoms with Crippen LogP contribution in [0.25, 0.3) is 0 Å². The molecule has 0 radical (unpaired) electrons. The van der Waals surface area contributed by atoms with Gasteiger partial charge in [-0.2, -0.15) is 0 Å². The van der Waals surface area contributed by atoms with Gasteiger partial charge in [-0.05, 0) is 54.8 Å². The van der Waals surface area contributed by atoms with E-state index in [9.17, 15) is 4.79 Å². The summed E-state index contributed by atoms with van der Waals surface area (Å²) in [6, 6.07) is 9.95. The fraction of sp³-hybridized carbons (Fsp3) is 0.500. The van der Waals surface area contributed by atoms with Crippen LogP contribution >= 0.6 is 0 Å². The van der Waals surface area contributed by atoms with E-state index in [0.29, 0.717) is 12.6 Å². The molecule has 1 aromatic heterocycles. The number of tetrazole rings is 1. The van der Waals surface area contributed by atoms with Crippen molar-refractivity contribution in [2.24, 2.45) is 0 Å². The van der Waals surface area contributed by atoms with Gasteiger partial charge < -0.3 is 5.32 Å². The molecule has 2 aliphatic rings. The quantitative estimate of drug-likeness (QED) is 0.908. The number of carbonyl (C=O) groups is 1. The maximum Gasteiger partial charge on any atom is 0.241 e. The number of aromatic nitrogens is 4. The average molecular weight is 312 g/mol. The minimum absolute atomic E-state index is 0.0548. The first-order valence-electron chi connectivity index (χ1n) is 8.18. The number of anilines is 1. The lowest BCUT2D eigenvalue weighted by Crippen LogP contribution is -2.39. The van der Waals surface area contributed by atoms with Crippen molar-refractivity contribution in [3.8, 4) is 0 Å². The van der Waals surface area contributed by atoms with E-state index in [-0.39, 0.29) is 11.9 Å². The van der Waals surface area contributed by atoms with Gasteiger partial charge >= 0.3 is 0 Å². The van der Waals surface area contributed by atoms with Gasteiger partial charge in [0.25, 0.3) is 0 Å². The number of nitrogens with zero attached hydrogens (tertiary/aromatic N) is 5. The van der Waals surface area contributed by atoms with Crippen molar-refractivity contribution < 1.29 is 4.79 Å². The SMILES string of the molecule is O=C(Nc1ccccc1)C1CCCN1Cc1nnnn1C1CC1. The Kier molecular flexibility index (Phi) is 3.78. The molecule has 0 bridgehead atoms. The van der Waals surface area contributed by atoms with E-state index >= 15 is 0 Å². The Labute approximate surface area is 134 Å². The number of carbonyl (C=O) groups excluding carboxylic acids is 1. The van der Waals surface area contributed by atoms with Gasteiger partial charge in [0, 0.05) is 5.69 Å². The molecule has 1 unspecified atom stereocenters. The molecule has 1 N–H and O–H groups in total. The zero-order valence-corrected chi connectivity index (χ0v) is 12.9. The first-order valence-corrected chi connectivity index (χ1v) is 8.18. The van der Waals surface area contributed by atoms with Gasteiger partial charge in [0.2, 0.25) is 5.91 Å². The fourth-order valence-electron chi connectivity index (χ4n) is 3.16. The van der Waals surface area contributed by atoms with Crippen molar-refractivity contribution in [3.05, 3.63) is 36.2 Å². The van der Waals surface area contributed by atoms with E-state index in [2.05, 4.69) is 25.7 Å². The number of rotatable bonds is 5. The molecule has 4 rings (SSSR count). The van der Waals surface area contributed by atoms with Crippen LogP contribution in [-0.2, 0) is 11.3 Å². The van der Waals surface area contributed by atoms with E-state index in [0.717, 1.165) is 43.7 Å². The predicted molar refractivity (Wildman–Crippen MR) is 84.6 cm³/mol. The highest BCUT2D eigenvalue weighted by atomic mass is 16.2. The second kappa shape index (κ2) is 6.08. The van der Waals surface area contributed by atoms with Crippen LogP contribution in [0.15, 0.2) is 30.3 Å². The number of likely N-dealkylation sites (tertiary alicyclic amines) is 1. The van der Waals surface area contributed by atoms with Gasteiger partial charge in [0.15, 0.2) is 5.82 Å². The highest BCUT2D eigenvalue weighted by Gasteiger charge is 2.34. The molecule has 1 aromatic carbocycles. The Balaban J connectivity index is 1.44. The second-order valence-electron chi connectivity index (χ2n) is 6.25. The number of benzene rings is 1. The van der Waals surface area contributed by atoms with Gasteiger partial charge in [-0.25, -0.2) is 4.68 Å². The van der Waals surface area contributed by atoms with Crippen molar-refractivity contribution >= 4 is 11.6 Å². The predicted octanol–water partition coefficient (Wildman–Crippen LogP) is 1.61. The van der Waals surface area contributed by atoms with E-state index in [1.807, 2.05) is 35.0 Å². The summed E-state index contributed by atoms with van der Waals surface area (Å²) in [5, 5.41) is 15.0. The standard InChI is InChI=1S/C16H20N6O/c23-16(17-12-5-2-1-3-6-12)14-7-4-10-21(14)11-15-18-19-20-22(15)13-8-9-13/h1-3,5-6,13-14H,4,7-11H2,(H,17,23). The molecule has 1 saturated carbocycles. The Morgan fingerprint density at radius 3 is 2.83 bits per heavy atom. The third-order valence-corrected chi connectivity index (χ3v) is 4.51.